The van der Waals surface area contributed by atoms with Crippen molar-refractivity contribution in [1.82, 2.24) is 5.32 Å². The summed E-state index contributed by atoms with van der Waals surface area (Å²) in [6.45, 7) is 0.994. The smallest absolute Gasteiger partial charge is 0.231 e. The topological polar surface area (TPSA) is 47.6 Å². The van der Waals surface area contributed by atoms with Gasteiger partial charge in [0.2, 0.25) is 6.79 Å². The molecule has 4 heteroatoms. The summed E-state index contributed by atoms with van der Waals surface area (Å²) >= 11 is 0. The van der Waals surface area contributed by atoms with Crippen molar-refractivity contribution < 1.29 is 14.3 Å². The molecule has 1 aromatic carbocycles. The SMILES string of the molecule is CNCCC(=C=O)c1ccc2c(c1)OCO2. The summed E-state index contributed by atoms with van der Waals surface area (Å²) in [6, 6.07) is 5.48. The molecule has 2 rings (SSSR count). The molecule has 1 heterocycles. The molecular formula is C12H13NO3. The predicted molar refractivity (Wildman–Crippen MR) is 60.2 cm³/mol. The fourth-order valence-electron chi connectivity index (χ4n) is 1.59. The van der Waals surface area contributed by atoms with Gasteiger partial charge in [0.15, 0.2) is 11.5 Å². The van der Waals surface area contributed by atoms with Crippen LogP contribution in [0.15, 0.2) is 18.2 Å². The largest absolute Gasteiger partial charge is 0.454 e. The van der Waals surface area contributed by atoms with Crippen molar-refractivity contribution in [3.05, 3.63) is 23.8 Å². The Kier molecular flexibility index (Phi) is 3.25. The van der Waals surface area contributed by atoms with Gasteiger partial charge in [-0.3, -0.25) is 0 Å². The maximum atomic E-state index is 10.8. The molecule has 0 aromatic heterocycles. The van der Waals surface area contributed by atoms with Crippen LogP contribution in [0.25, 0.3) is 5.57 Å². The van der Waals surface area contributed by atoms with Gasteiger partial charge in [-0.1, -0.05) is 6.07 Å². The van der Waals surface area contributed by atoms with E-state index in [-0.39, 0.29) is 6.79 Å². The number of fused-ring (bicyclic) bond motifs is 1. The first-order valence-electron chi connectivity index (χ1n) is 5.13. The van der Waals surface area contributed by atoms with Crippen molar-refractivity contribution in [3.63, 3.8) is 0 Å². The van der Waals surface area contributed by atoms with Crippen molar-refractivity contribution in [3.8, 4) is 11.5 Å². The predicted octanol–water partition coefficient (Wildman–Crippen LogP) is 1.24. The minimum atomic E-state index is 0.245. The number of benzene rings is 1. The van der Waals surface area contributed by atoms with E-state index in [1.165, 1.54) is 0 Å². The second-order valence-electron chi connectivity index (χ2n) is 3.50. The zero-order valence-corrected chi connectivity index (χ0v) is 9.08. The van der Waals surface area contributed by atoms with E-state index < -0.39 is 0 Å². The van der Waals surface area contributed by atoms with Crippen LogP contribution >= 0.6 is 0 Å². The zero-order chi connectivity index (χ0) is 11.4. The highest BCUT2D eigenvalue weighted by Crippen LogP contribution is 2.34. The third-order valence-corrected chi connectivity index (χ3v) is 2.47. The lowest BCUT2D eigenvalue weighted by molar-refractivity contribution is 0.174. The fourth-order valence-corrected chi connectivity index (χ4v) is 1.59. The molecule has 0 amide bonds. The molecule has 84 valence electrons. The van der Waals surface area contributed by atoms with Gasteiger partial charge in [-0.25, -0.2) is 4.79 Å². The minimum Gasteiger partial charge on any atom is -0.454 e. The van der Waals surface area contributed by atoms with Crippen LogP contribution in [0.2, 0.25) is 0 Å². The van der Waals surface area contributed by atoms with Crippen LogP contribution in [0, 0.1) is 0 Å². The molecule has 0 atom stereocenters. The summed E-state index contributed by atoms with van der Waals surface area (Å²) in [5, 5.41) is 3.00. The number of ether oxygens (including phenoxy) is 2. The second-order valence-corrected chi connectivity index (χ2v) is 3.50. The molecule has 0 saturated heterocycles. The average Bonchev–Trinajstić information content (AvgIpc) is 2.77. The number of hydrogen-bond acceptors (Lipinski definition) is 4. The first kappa shape index (κ1) is 10.7. The van der Waals surface area contributed by atoms with E-state index in [2.05, 4.69) is 5.32 Å². The van der Waals surface area contributed by atoms with E-state index >= 15 is 0 Å². The number of carbonyl (C=O) groups excluding carboxylic acids is 1. The maximum Gasteiger partial charge on any atom is 0.231 e. The molecule has 16 heavy (non-hydrogen) atoms. The van der Waals surface area contributed by atoms with Crippen molar-refractivity contribution in [2.45, 2.75) is 6.42 Å². The van der Waals surface area contributed by atoms with Crippen molar-refractivity contribution in [2.75, 3.05) is 20.4 Å². The molecule has 0 radical (unpaired) electrons. The summed E-state index contributed by atoms with van der Waals surface area (Å²) in [4.78, 5) is 10.8. The molecule has 1 aliphatic heterocycles. The van der Waals surface area contributed by atoms with Gasteiger partial charge < -0.3 is 14.8 Å². The fraction of sp³-hybridized carbons (Fsp3) is 0.333. The molecular weight excluding hydrogens is 206 g/mol. The van der Waals surface area contributed by atoms with Gasteiger partial charge in [0.25, 0.3) is 0 Å². The molecule has 1 aromatic rings. The van der Waals surface area contributed by atoms with Crippen molar-refractivity contribution in [2.24, 2.45) is 0 Å². The van der Waals surface area contributed by atoms with Crippen LogP contribution in [0.4, 0.5) is 0 Å². The Balaban J connectivity index is 2.23. The lowest BCUT2D eigenvalue weighted by Crippen LogP contribution is -2.08. The van der Waals surface area contributed by atoms with Crippen LogP contribution < -0.4 is 14.8 Å². The van der Waals surface area contributed by atoms with E-state index in [0.29, 0.717) is 17.7 Å². The third kappa shape index (κ3) is 2.08. The zero-order valence-electron chi connectivity index (χ0n) is 9.08. The molecule has 0 bridgehead atoms. The van der Waals surface area contributed by atoms with E-state index in [4.69, 9.17) is 9.47 Å². The molecule has 0 saturated carbocycles. The van der Waals surface area contributed by atoms with E-state index in [1.807, 2.05) is 31.2 Å². The van der Waals surface area contributed by atoms with Gasteiger partial charge in [-0.05, 0) is 37.7 Å². The number of hydrogen-bond donors (Lipinski definition) is 1. The monoisotopic (exact) mass is 219 g/mol. The minimum absolute atomic E-state index is 0.245. The summed E-state index contributed by atoms with van der Waals surface area (Å²) < 4.78 is 10.5. The standard InChI is InChI=1S/C12H13NO3/c1-13-5-4-10(7-14)9-2-3-11-12(6-9)16-8-15-11/h2-3,6,13H,4-5,8H2,1H3. The Morgan fingerprint density at radius 3 is 3.00 bits per heavy atom. The van der Waals surface area contributed by atoms with Crippen LogP contribution in [-0.2, 0) is 4.79 Å². The lowest BCUT2D eigenvalue weighted by atomic mass is 10.0. The quantitative estimate of drug-likeness (QED) is 0.774. The highest BCUT2D eigenvalue weighted by Gasteiger charge is 2.14. The number of rotatable bonds is 4. The van der Waals surface area contributed by atoms with Crippen molar-refractivity contribution >= 4 is 11.5 Å². The molecule has 1 aliphatic rings. The molecule has 0 unspecified atom stereocenters. The van der Waals surface area contributed by atoms with Crippen LogP contribution in [0.3, 0.4) is 0 Å². The van der Waals surface area contributed by atoms with Gasteiger partial charge in [0.1, 0.15) is 5.94 Å². The third-order valence-electron chi connectivity index (χ3n) is 2.47. The molecule has 0 fully saturated rings. The summed E-state index contributed by atoms with van der Waals surface area (Å²) in [7, 11) is 1.85. The summed E-state index contributed by atoms with van der Waals surface area (Å²) in [5.41, 5.74) is 1.49. The highest BCUT2D eigenvalue weighted by molar-refractivity contribution is 5.88. The molecule has 1 N–H and O–H groups in total. The number of nitrogens with one attached hydrogen (secondary N) is 1. The Hall–Kier alpha value is -1.77. The van der Waals surface area contributed by atoms with Gasteiger partial charge in [0, 0.05) is 5.57 Å². The average molecular weight is 219 g/mol. The Bertz CT molecular complexity index is 436. The summed E-state index contributed by atoms with van der Waals surface area (Å²) in [5.74, 6) is 3.39. The van der Waals surface area contributed by atoms with Gasteiger partial charge in [-0.15, -0.1) is 0 Å². The van der Waals surface area contributed by atoms with Gasteiger partial charge >= 0.3 is 0 Å². The van der Waals surface area contributed by atoms with E-state index in [0.717, 1.165) is 17.9 Å². The van der Waals surface area contributed by atoms with E-state index in [1.54, 1.807) is 0 Å². The highest BCUT2D eigenvalue weighted by atomic mass is 16.7. The maximum absolute atomic E-state index is 10.8. The Morgan fingerprint density at radius 2 is 2.25 bits per heavy atom. The van der Waals surface area contributed by atoms with Gasteiger partial charge in [-0.2, -0.15) is 0 Å². The normalized spacial score (nSPS) is 12.3. The molecule has 4 nitrogen and oxygen atoms in total. The first-order chi connectivity index (χ1) is 7.85. The van der Waals surface area contributed by atoms with E-state index in [9.17, 15) is 4.79 Å². The Morgan fingerprint density at radius 1 is 1.44 bits per heavy atom. The first-order valence-corrected chi connectivity index (χ1v) is 5.13. The van der Waals surface area contributed by atoms with Gasteiger partial charge in [0.05, 0.1) is 0 Å². The second kappa shape index (κ2) is 4.84. The van der Waals surface area contributed by atoms with Crippen LogP contribution in [0.1, 0.15) is 12.0 Å². The van der Waals surface area contributed by atoms with Crippen molar-refractivity contribution in [1.29, 1.82) is 0 Å². The molecule has 0 aliphatic carbocycles. The summed E-state index contributed by atoms with van der Waals surface area (Å²) in [6.07, 6.45) is 0.652. The van der Waals surface area contributed by atoms with Crippen LogP contribution in [-0.4, -0.2) is 26.3 Å². The molecule has 0 spiro atoms. The lowest BCUT2D eigenvalue weighted by Gasteiger charge is -2.04. The van der Waals surface area contributed by atoms with Crippen LogP contribution in [0.5, 0.6) is 11.5 Å². The Labute approximate surface area is 93.9 Å².